The Hall–Kier alpha value is -3.12. The number of rotatable bonds is 6. The highest BCUT2D eigenvalue weighted by Crippen LogP contribution is 2.26. The Bertz CT molecular complexity index is 904. The molecule has 2 aromatic carbocycles. The molecule has 150 valence electrons. The molecule has 2 heterocycles. The number of hydrogen-bond donors (Lipinski definition) is 1. The van der Waals surface area contributed by atoms with E-state index < -0.39 is 0 Å². The van der Waals surface area contributed by atoms with Crippen molar-refractivity contribution in [2.75, 3.05) is 54.9 Å². The van der Waals surface area contributed by atoms with Gasteiger partial charge in [-0.25, -0.2) is 9.97 Å². The number of nitrogens with one attached hydrogen (secondary N) is 1. The summed E-state index contributed by atoms with van der Waals surface area (Å²) < 4.78 is 0. The van der Waals surface area contributed by atoms with Crippen molar-refractivity contribution in [3.63, 3.8) is 0 Å². The molecular weight excluding hydrogens is 360 g/mol. The van der Waals surface area contributed by atoms with Gasteiger partial charge in [0.15, 0.2) is 0 Å². The smallest absolute Gasteiger partial charge is 0.138 e. The van der Waals surface area contributed by atoms with Crippen LogP contribution in [-0.2, 0) is 0 Å². The fraction of sp³-hybridized carbons (Fsp3) is 0.304. The van der Waals surface area contributed by atoms with E-state index in [-0.39, 0.29) is 0 Å². The summed E-state index contributed by atoms with van der Waals surface area (Å²) in [5, 5.41) is 3.41. The first-order valence-corrected chi connectivity index (χ1v) is 10.2. The lowest BCUT2D eigenvalue weighted by Crippen LogP contribution is -2.44. The molecular formula is C23H28N6. The molecule has 0 unspecified atom stereocenters. The number of nitrogens with zero attached hydrogens (tertiary/aromatic N) is 5. The van der Waals surface area contributed by atoms with Gasteiger partial charge in [0.25, 0.3) is 0 Å². The van der Waals surface area contributed by atoms with Crippen LogP contribution >= 0.6 is 0 Å². The van der Waals surface area contributed by atoms with Gasteiger partial charge < -0.3 is 20.0 Å². The van der Waals surface area contributed by atoms with Gasteiger partial charge in [-0.05, 0) is 50.4 Å². The molecule has 6 nitrogen and oxygen atoms in total. The SMILES string of the molecule is CCN(c1ccccc1)c1cc(Nc2ccc(N3CCN(C)CC3)cc2)ncn1. The number of aromatic nitrogens is 2. The van der Waals surface area contributed by atoms with Crippen LogP contribution in [0, 0.1) is 0 Å². The summed E-state index contributed by atoms with van der Waals surface area (Å²) >= 11 is 0. The molecule has 1 aliphatic heterocycles. The fourth-order valence-electron chi connectivity index (χ4n) is 3.62. The number of para-hydroxylation sites is 1. The molecule has 0 radical (unpaired) electrons. The van der Waals surface area contributed by atoms with Gasteiger partial charge in [-0.15, -0.1) is 0 Å². The molecule has 1 aromatic heterocycles. The quantitative estimate of drug-likeness (QED) is 0.685. The van der Waals surface area contributed by atoms with Crippen LogP contribution < -0.4 is 15.1 Å². The van der Waals surface area contributed by atoms with E-state index in [9.17, 15) is 0 Å². The lowest BCUT2D eigenvalue weighted by Gasteiger charge is -2.34. The van der Waals surface area contributed by atoms with Crippen LogP contribution in [0.5, 0.6) is 0 Å². The van der Waals surface area contributed by atoms with E-state index in [0.717, 1.165) is 55.7 Å². The van der Waals surface area contributed by atoms with E-state index in [2.05, 4.69) is 80.4 Å². The Labute approximate surface area is 172 Å². The first-order valence-electron chi connectivity index (χ1n) is 10.2. The lowest BCUT2D eigenvalue weighted by atomic mass is 10.2. The summed E-state index contributed by atoms with van der Waals surface area (Å²) in [6.45, 7) is 7.33. The Morgan fingerprint density at radius 3 is 2.34 bits per heavy atom. The van der Waals surface area contributed by atoms with Crippen molar-refractivity contribution in [1.29, 1.82) is 0 Å². The third-order valence-corrected chi connectivity index (χ3v) is 5.32. The second kappa shape index (κ2) is 8.92. The number of benzene rings is 2. The third kappa shape index (κ3) is 4.66. The van der Waals surface area contributed by atoms with Crippen LogP contribution in [0.25, 0.3) is 0 Å². The molecule has 0 bridgehead atoms. The van der Waals surface area contributed by atoms with Crippen LogP contribution in [0.3, 0.4) is 0 Å². The Balaban J connectivity index is 1.46. The summed E-state index contributed by atoms with van der Waals surface area (Å²) in [5.41, 5.74) is 3.42. The minimum atomic E-state index is 0.789. The zero-order valence-electron chi connectivity index (χ0n) is 17.1. The highest BCUT2D eigenvalue weighted by atomic mass is 15.2. The average molecular weight is 389 g/mol. The molecule has 1 fully saturated rings. The van der Waals surface area contributed by atoms with Crippen molar-refractivity contribution in [3.05, 3.63) is 67.0 Å². The molecule has 3 aromatic rings. The fourth-order valence-corrected chi connectivity index (χ4v) is 3.62. The lowest BCUT2D eigenvalue weighted by molar-refractivity contribution is 0.313. The molecule has 29 heavy (non-hydrogen) atoms. The van der Waals surface area contributed by atoms with Crippen LogP contribution in [0.1, 0.15) is 6.92 Å². The Kier molecular flexibility index (Phi) is 5.91. The number of piperazine rings is 1. The minimum absolute atomic E-state index is 0.789. The monoisotopic (exact) mass is 388 g/mol. The average Bonchev–Trinajstić information content (AvgIpc) is 2.77. The van der Waals surface area contributed by atoms with Crippen molar-refractivity contribution in [3.8, 4) is 0 Å². The minimum Gasteiger partial charge on any atom is -0.369 e. The van der Waals surface area contributed by atoms with E-state index in [1.54, 1.807) is 6.33 Å². The maximum Gasteiger partial charge on any atom is 0.138 e. The van der Waals surface area contributed by atoms with Crippen molar-refractivity contribution in [1.82, 2.24) is 14.9 Å². The molecule has 6 heteroatoms. The summed E-state index contributed by atoms with van der Waals surface area (Å²) in [5.74, 6) is 1.67. The summed E-state index contributed by atoms with van der Waals surface area (Å²) in [4.78, 5) is 15.9. The highest BCUT2D eigenvalue weighted by Gasteiger charge is 2.14. The maximum atomic E-state index is 4.47. The Morgan fingerprint density at radius 2 is 1.66 bits per heavy atom. The predicted octanol–water partition coefficient (Wildman–Crippen LogP) is 4.13. The molecule has 0 aliphatic carbocycles. The largest absolute Gasteiger partial charge is 0.369 e. The summed E-state index contributed by atoms with van der Waals surface area (Å²) in [6.07, 6.45) is 1.61. The van der Waals surface area contributed by atoms with Crippen molar-refractivity contribution in [2.24, 2.45) is 0 Å². The van der Waals surface area contributed by atoms with Gasteiger partial charge in [0.05, 0.1) is 0 Å². The number of likely N-dealkylation sites (N-methyl/N-ethyl adjacent to an activating group) is 1. The first-order chi connectivity index (χ1) is 14.2. The van der Waals surface area contributed by atoms with Gasteiger partial charge >= 0.3 is 0 Å². The predicted molar refractivity (Wildman–Crippen MR) is 121 cm³/mol. The standard InChI is InChI=1S/C23H28N6/c1-3-29(21-7-5-4-6-8-21)23-17-22(24-18-25-23)26-19-9-11-20(12-10-19)28-15-13-27(2)14-16-28/h4-12,17-18H,3,13-16H2,1-2H3,(H,24,25,26). The van der Waals surface area contributed by atoms with Crippen molar-refractivity contribution >= 4 is 28.7 Å². The van der Waals surface area contributed by atoms with E-state index >= 15 is 0 Å². The van der Waals surface area contributed by atoms with E-state index in [4.69, 9.17) is 0 Å². The molecule has 1 aliphatic rings. The normalized spacial score (nSPS) is 14.6. The highest BCUT2D eigenvalue weighted by molar-refractivity contribution is 5.66. The summed E-state index contributed by atoms with van der Waals surface area (Å²) in [6, 6.07) is 20.9. The first kappa shape index (κ1) is 19.2. The topological polar surface area (TPSA) is 47.5 Å². The van der Waals surface area contributed by atoms with Gasteiger partial charge in [0.1, 0.15) is 18.0 Å². The zero-order chi connectivity index (χ0) is 20.1. The molecule has 1 N–H and O–H groups in total. The summed E-state index contributed by atoms with van der Waals surface area (Å²) in [7, 11) is 2.18. The van der Waals surface area contributed by atoms with Gasteiger partial charge in [-0.1, -0.05) is 18.2 Å². The number of anilines is 5. The van der Waals surface area contributed by atoms with Crippen LogP contribution in [-0.4, -0.2) is 54.6 Å². The Morgan fingerprint density at radius 1 is 0.931 bits per heavy atom. The van der Waals surface area contributed by atoms with Crippen molar-refractivity contribution in [2.45, 2.75) is 6.92 Å². The second-order valence-corrected chi connectivity index (χ2v) is 7.30. The maximum absolute atomic E-state index is 4.47. The second-order valence-electron chi connectivity index (χ2n) is 7.30. The van der Waals surface area contributed by atoms with Gasteiger partial charge in [0.2, 0.25) is 0 Å². The molecule has 0 atom stereocenters. The molecule has 0 spiro atoms. The molecule has 0 amide bonds. The van der Waals surface area contributed by atoms with Gasteiger partial charge in [-0.3, -0.25) is 0 Å². The molecule has 0 saturated carbocycles. The zero-order valence-corrected chi connectivity index (χ0v) is 17.1. The third-order valence-electron chi connectivity index (χ3n) is 5.32. The van der Waals surface area contributed by atoms with Gasteiger partial charge in [-0.2, -0.15) is 0 Å². The number of hydrogen-bond acceptors (Lipinski definition) is 6. The van der Waals surface area contributed by atoms with Crippen molar-refractivity contribution < 1.29 is 0 Å². The van der Waals surface area contributed by atoms with Crippen LogP contribution in [0.4, 0.5) is 28.7 Å². The molecule has 1 saturated heterocycles. The van der Waals surface area contributed by atoms with E-state index in [0.29, 0.717) is 0 Å². The van der Waals surface area contributed by atoms with Gasteiger partial charge in [0, 0.05) is 55.9 Å². The van der Waals surface area contributed by atoms with E-state index in [1.165, 1.54) is 5.69 Å². The van der Waals surface area contributed by atoms with E-state index in [1.807, 2.05) is 24.3 Å². The van der Waals surface area contributed by atoms with Crippen LogP contribution in [0.15, 0.2) is 67.0 Å². The van der Waals surface area contributed by atoms with Crippen LogP contribution in [0.2, 0.25) is 0 Å². The molecule has 4 rings (SSSR count).